The number of aromatic nitrogens is 2. The molecule has 2 aromatic carbocycles. The topological polar surface area (TPSA) is 132 Å². The molecule has 40 heavy (non-hydrogen) atoms. The van der Waals surface area contributed by atoms with Crippen LogP contribution in [0.25, 0.3) is 0 Å². The highest BCUT2D eigenvalue weighted by atomic mass is 32.2. The van der Waals surface area contributed by atoms with E-state index in [1.165, 1.54) is 6.33 Å². The van der Waals surface area contributed by atoms with Gasteiger partial charge in [-0.3, -0.25) is 14.4 Å². The van der Waals surface area contributed by atoms with E-state index in [1.54, 1.807) is 36.4 Å². The van der Waals surface area contributed by atoms with Gasteiger partial charge in [-0.1, -0.05) is 68.1 Å². The number of amides is 3. The van der Waals surface area contributed by atoms with Crippen LogP contribution >= 0.6 is 11.8 Å². The number of carbonyl (C=O) groups excluding carboxylic acids is 3. The third-order valence-corrected chi connectivity index (χ3v) is 7.13. The number of hydrogen-bond acceptors (Lipinski definition) is 7. The number of ether oxygens (including phenoxy) is 1. The summed E-state index contributed by atoms with van der Waals surface area (Å²) in [6.07, 6.45) is 3.14. The zero-order valence-electron chi connectivity index (χ0n) is 22.1. The van der Waals surface area contributed by atoms with Crippen LogP contribution in [0.5, 0.6) is 0 Å². The number of thioether (sulfide) groups is 1. The standard InChI is InChI=1S/C28H34N6O4S.CH4/c1-28(2,29)27(37)31-22(17-38-16-20-9-5-3-6-10-20)25(35)32-23-15-34(18-30-23)24(21-11-7-4-8-12-21)26(36)33-13-14-39-19-33;/h3-12,15,18,22,24H,13-14,16-17,19,29H2,1-2H3,(H,31,37)(H,32,35);1H4/t22-,24?;/m1./s1. The smallest absolute Gasteiger partial charge is 0.251 e. The first-order valence-electron chi connectivity index (χ1n) is 12.7. The molecule has 1 fully saturated rings. The highest BCUT2D eigenvalue weighted by molar-refractivity contribution is 7.99. The number of benzene rings is 2. The van der Waals surface area contributed by atoms with Crippen LogP contribution in [-0.4, -0.2) is 68.5 Å². The van der Waals surface area contributed by atoms with E-state index in [0.717, 1.165) is 16.9 Å². The van der Waals surface area contributed by atoms with Crippen molar-refractivity contribution < 1.29 is 19.1 Å². The number of nitrogens with one attached hydrogen (secondary N) is 2. The maximum Gasteiger partial charge on any atom is 0.251 e. The van der Waals surface area contributed by atoms with Crippen LogP contribution in [0.15, 0.2) is 73.2 Å². The highest BCUT2D eigenvalue weighted by Crippen LogP contribution is 2.25. The van der Waals surface area contributed by atoms with Crippen LogP contribution in [0, 0.1) is 0 Å². The second-order valence-electron chi connectivity index (χ2n) is 9.90. The Labute approximate surface area is 239 Å². The molecule has 1 saturated heterocycles. The predicted molar refractivity (Wildman–Crippen MR) is 158 cm³/mol. The van der Waals surface area contributed by atoms with Crippen LogP contribution in [-0.2, 0) is 25.7 Å². The number of hydrogen-bond donors (Lipinski definition) is 3. The highest BCUT2D eigenvalue weighted by Gasteiger charge is 2.31. The summed E-state index contributed by atoms with van der Waals surface area (Å²) in [5, 5.41) is 5.42. The first-order chi connectivity index (χ1) is 18.7. The van der Waals surface area contributed by atoms with E-state index in [1.807, 2.05) is 65.6 Å². The molecule has 1 aromatic heterocycles. The molecule has 3 aromatic rings. The van der Waals surface area contributed by atoms with Gasteiger partial charge in [0.1, 0.15) is 12.1 Å². The van der Waals surface area contributed by atoms with Crippen molar-refractivity contribution in [1.29, 1.82) is 0 Å². The minimum Gasteiger partial charge on any atom is -0.374 e. The van der Waals surface area contributed by atoms with Gasteiger partial charge in [0.05, 0.1) is 31.0 Å². The normalized spacial score (nSPS) is 14.6. The minimum absolute atomic E-state index is 0. The van der Waals surface area contributed by atoms with Gasteiger partial charge in [0.25, 0.3) is 11.8 Å². The Morgan fingerprint density at radius 2 is 1.77 bits per heavy atom. The molecule has 0 spiro atoms. The van der Waals surface area contributed by atoms with Crippen LogP contribution in [0.1, 0.15) is 38.4 Å². The summed E-state index contributed by atoms with van der Waals surface area (Å²) in [4.78, 5) is 45.4. The van der Waals surface area contributed by atoms with E-state index in [4.69, 9.17) is 10.5 Å². The van der Waals surface area contributed by atoms with Crippen molar-refractivity contribution >= 4 is 35.3 Å². The van der Waals surface area contributed by atoms with Gasteiger partial charge >= 0.3 is 0 Å². The largest absolute Gasteiger partial charge is 0.374 e. The van der Waals surface area contributed by atoms with Crippen molar-refractivity contribution in [3.05, 3.63) is 84.3 Å². The molecule has 2 atom stereocenters. The lowest BCUT2D eigenvalue weighted by Crippen LogP contribution is -2.56. The number of imidazole rings is 1. The summed E-state index contributed by atoms with van der Waals surface area (Å²) >= 11 is 1.71. The van der Waals surface area contributed by atoms with Crippen molar-refractivity contribution in [2.75, 3.05) is 30.1 Å². The maximum atomic E-state index is 13.4. The lowest BCUT2D eigenvalue weighted by atomic mass is 10.1. The van der Waals surface area contributed by atoms with Gasteiger partial charge in [-0.05, 0) is 25.0 Å². The maximum absolute atomic E-state index is 13.4. The molecule has 214 valence electrons. The summed E-state index contributed by atoms with van der Waals surface area (Å²) in [6.45, 7) is 4.01. The fraction of sp³-hybridized carbons (Fsp3) is 0.379. The lowest BCUT2D eigenvalue weighted by molar-refractivity contribution is -0.132. The first-order valence-corrected chi connectivity index (χ1v) is 13.8. The van der Waals surface area contributed by atoms with E-state index in [-0.39, 0.29) is 32.4 Å². The minimum atomic E-state index is -1.18. The third-order valence-electron chi connectivity index (χ3n) is 6.17. The van der Waals surface area contributed by atoms with Crippen molar-refractivity contribution in [2.24, 2.45) is 5.73 Å². The average molecular weight is 567 g/mol. The van der Waals surface area contributed by atoms with Crippen molar-refractivity contribution in [2.45, 2.75) is 45.5 Å². The van der Waals surface area contributed by atoms with Crippen LogP contribution in [0.4, 0.5) is 5.82 Å². The Morgan fingerprint density at radius 1 is 1.10 bits per heavy atom. The fourth-order valence-corrected chi connectivity index (χ4v) is 4.95. The fourth-order valence-electron chi connectivity index (χ4n) is 3.99. The number of anilines is 1. The zero-order valence-corrected chi connectivity index (χ0v) is 22.9. The van der Waals surface area contributed by atoms with Crippen molar-refractivity contribution in [3.8, 4) is 0 Å². The monoisotopic (exact) mass is 566 g/mol. The van der Waals surface area contributed by atoms with Crippen LogP contribution in [0.2, 0.25) is 0 Å². The Kier molecular flexibility index (Phi) is 10.9. The number of rotatable bonds is 11. The summed E-state index contributed by atoms with van der Waals surface area (Å²) in [7, 11) is 0. The second-order valence-corrected chi connectivity index (χ2v) is 11.0. The number of nitrogens with two attached hydrogens (primary N) is 1. The summed E-state index contributed by atoms with van der Waals surface area (Å²) in [6, 6.07) is 17.3. The van der Waals surface area contributed by atoms with Gasteiger partial charge in [-0.2, -0.15) is 0 Å². The van der Waals surface area contributed by atoms with E-state index in [2.05, 4.69) is 15.6 Å². The molecule has 4 N–H and O–H groups in total. The summed E-state index contributed by atoms with van der Waals surface area (Å²) < 4.78 is 7.44. The van der Waals surface area contributed by atoms with Gasteiger partial charge in [0, 0.05) is 18.5 Å². The molecule has 4 rings (SSSR count). The quantitative estimate of drug-likeness (QED) is 0.325. The molecule has 11 heteroatoms. The molecule has 0 bridgehead atoms. The molecule has 0 radical (unpaired) electrons. The molecule has 1 aliphatic heterocycles. The van der Waals surface area contributed by atoms with E-state index in [9.17, 15) is 14.4 Å². The molecule has 0 saturated carbocycles. The van der Waals surface area contributed by atoms with Crippen LogP contribution in [0.3, 0.4) is 0 Å². The lowest BCUT2D eigenvalue weighted by Gasteiger charge is -2.24. The van der Waals surface area contributed by atoms with E-state index >= 15 is 0 Å². The van der Waals surface area contributed by atoms with Gasteiger partial charge in [-0.25, -0.2) is 4.98 Å². The SMILES string of the molecule is C.CC(C)(N)C(=O)N[C@H](COCc1ccccc1)C(=O)Nc1cn(C(C(=O)N2CCSC2)c2ccccc2)cn1. The third kappa shape index (κ3) is 8.17. The summed E-state index contributed by atoms with van der Waals surface area (Å²) in [5.41, 5.74) is 6.51. The molecular weight excluding hydrogens is 528 g/mol. The summed E-state index contributed by atoms with van der Waals surface area (Å²) in [5.74, 6) is 0.754. The molecule has 2 heterocycles. The van der Waals surface area contributed by atoms with E-state index in [0.29, 0.717) is 12.4 Å². The molecule has 1 aliphatic rings. The first kappa shape index (κ1) is 30.9. The Morgan fingerprint density at radius 3 is 2.40 bits per heavy atom. The van der Waals surface area contributed by atoms with Gasteiger partial charge in [0.2, 0.25) is 5.91 Å². The Bertz CT molecular complexity index is 1260. The molecule has 0 aliphatic carbocycles. The van der Waals surface area contributed by atoms with Crippen LogP contribution < -0.4 is 16.4 Å². The molecular formula is C29H38N6O4S. The predicted octanol–water partition coefficient (Wildman–Crippen LogP) is 3.02. The molecule has 3 amide bonds. The average Bonchev–Trinajstić information content (AvgIpc) is 3.62. The second kappa shape index (κ2) is 14.1. The Hall–Kier alpha value is -3.67. The van der Waals surface area contributed by atoms with Gasteiger partial charge in [0.15, 0.2) is 5.82 Å². The van der Waals surface area contributed by atoms with E-state index < -0.39 is 29.4 Å². The van der Waals surface area contributed by atoms with Gasteiger partial charge < -0.3 is 30.6 Å². The zero-order chi connectivity index (χ0) is 27.8. The number of nitrogens with zero attached hydrogens (tertiary/aromatic N) is 3. The molecule has 1 unspecified atom stereocenters. The van der Waals surface area contributed by atoms with Gasteiger partial charge in [-0.15, -0.1) is 11.8 Å². The Balaban J connectivity index is 0.00000441. The van der Waals surface area contributed by atoms with Crippen molar-refractivity contribution in [1.82, 2.24) is 19.8 Å². The van der Waals surface area contributed by atoms with Crippen molar-refractivity contribution in [3.63, 3.8) is 0 Å². The number of carbonyl (C=O) groups is 3. The molecule has 10 nitrogen and oxygen atoms in total.